The average molecular weight is 543 g/mol. The van der Waals surface area contributed by atoms with Crippen molar-refractivity contribution in [1.29, 1.82) is 0 Å². The first kappa shape index (κ1) is 26.6. The highest BCUT2D eigenvalue weighted by molar-refractivity contribution is 7.90. The van der Waals surface area contributed by atoms with Crippen LogP contribution in [-0.4, -0.2) is 78.4 Å². The Morgan fingerprint density at radius 2 is 1.95 bits per heavy atom. The van der Waals surface area contributed by atoms with Crippen LogP contribution < -0.4 is 15.1 Å². The Kier molecular flexibility index (Phi) is 7.17. The molecule has 3 aromatic rings. The van der Waals surface area contributed by atoms with Gasteiger partial charge in [0, 0.05) is 54.8 Å². The Morgan fingerprint density at radius 1 is 1.16 bits per heavy atom. The number of hydrogen-bond acceptors (Lipinski definition) is 9. The molecule has 2 saturated heterocycles. The van der Waals surface area contributed by atoms with E-state index in [1.807, 2.05) is 12.3 Å². The maximum absolute atomic E-state index is 14.0. The van der Waals surface area contributed by atoms with Crippen molar-refractivity contribution in [2.45, 2.75) is 51.4 Å². The lowest BCUT2D eigenvalue weighted by Crippen LogP contribution is -2.57. The van der Waals surface area contributed by atoms with Gasteiger partial charge in [0.25, 0.3) is 0 Å². The topological polar surface area (TPSA) is 112 Å². The van der Waals surface area contributed by atoms with Crippen LogP contribution in [0.5, 0.6) is 0 Å². The summed E-state index contributed by atoms with van der Waals surface area (Å²) in [5, 5.41) is 15.1. The van der Waals surface area contributed by atoms with E-state index in [0.29, 0.717) is 43.0 Å². The van der Waals surface area contributed by atoms with Crippen LogP contribution in [0.3, 0.4) is 0 Å². The fourth-order valence-electron chi connectivity index (χ4n) is 5.43. The minimum absolute atomic E-state index is 0.0549. The Balaban J connectivity index is 1.41. The molecule has 2 fully saturated rings. The zero-order chi connectivity index (χ0) is 27.2. The number of anilines is 4. The molecule has 4 heterocycles. The second-order valence-electron chi connectivity index (χ2n) is 10.9. The van der Waals surface area contributed by atoms with Gasteiger partial charge in [-0.15, -0.1) is 0 Å². The summed E-state index contributed by atoms with van der Waals surface area (Å²) in [5.41, 5.74) is 2.25. The van der Waals surface area contributed by atoms with Gasteiger partial charge in [0.2, 0.25) is 5.95 Å². The molecule has 5 rings (SSSR count). The average Bonchev–Trinajstić information content (AvgIpc) is 2.86. The van der Waals surface area contributed by atoms with Gasteiger partial charge in [-0.05, 0) is 48.4 Å². The van der Waals surface area contributed by atoms with E-state index in [-0.39, 0.29) is 24.3 Å². The smallest absolute Gasteiger partial charge is 0.227 e. The lowest BCUT2D eigenvalue weighted by atomic mass is 9.88. The number of fused-ring (bicyclic) bond motifs is 1. The molecule has 2 aliphatic rings. The SMILES string of the molecule is CC(C)c1ccc(N2CC(CS(C)(=O)=O)[C@H]2C)c2cnc(Nc3ccnc(N4CC[C@@H](O)[C@@H](F)C4)n3)cc12. The number of halogens is 1. The van der Waals surface area contributed by atoms with Crippen LogP contribution in [0.2, 0.25) is 0 Å². The molecule has 2 aromatic heterocycles. The molecule has 204 valence electrons. The zero-order valence-corrected chi connectivity index (χ0v) is 23.0. The van der Waals surface area contributed by atoms with Crippen molar-refractivity contribution < 1.29 is 17.9 Å². The van der Waals surface area contributed by atoms with E-state index < -0.39 is 22.1 Å². The third-order valence-corrected chi connectivity index (χ3v) is 8.69. The second kappa shape index (κ2) is 10.3. The third kappa shape index (κ3) is 5.40. The number of rotatable bonds is 7. The van der Waals surface area contributed by atoms with Crippen LogP contribution in [0.4, 0.5) is 27.7 Å². The summed E-state index contributed by atoms with van der Waals surface area (Å²) in [6, 6.07) is 8.14. The quantitative estimate of drug-likeness (QED) is 0.462. The first-order valence-corrected chi connectivity index (χ1v) is 15.1. The van der Waals surface area contributed by atoms with E-state index >= 15 is 0 Å². The predicted octanol–water partition coefficient (Wildman–Crippen LogP) is 3.67. The monoisotopic (exact) mass is 542 g/mol. The molecule has 9 nitrogen and oxygen atoms in total. The van der Waals surface area contributed by atoms with Gasteiger partial charge in [-0.2, -0.15) is 4.98 Å². The minimum atomic E-state index is -3.02. The fraction of sp³-hybridized carbons (Fsp3) is 0.519. The third-order valence-electron chi connectivity index (χ3n) is 7.65. The maximum Gasteiger partial charge on any atom is 0.227 e. The summed E-state index contributed by atoms with van der Waals surface area (Å²) >= 11 is 0. The molecule has 1 unspecified atom stereocenters. The van der Waals surface area contributed by atoms with Gasteiger partial charge in [0.05, 0.1) is 18.4 Å². The molecule has 0 amide bonds. The minimum Gasteiger partial charge on any atom is -0.390 e. The van der Waals surface area contributed by atoms with Crippen LogP contribution in [0, 0.1) is 5.92 Å². The van der Waals surface area contributed by atoms with Crippen LogP contribution in [0.15, 0.2) is 36.7 Å². The molecule has 4 atom stereocenters. The number of nitrogens with one attached hydrogen (secondary N) is 1. The first-order chi connectivity index (χ1) is 18.0. The van der Waals surface area contributed by atoms with Gasteiger partial charge in [-0.1, -0.05) is 19.9 Å². The van der Waals surface area contributed by atoms with E-state index in [1.54, 1.807) is 17.2 Å². The molecule has 0 spiro atoms. The first-order valence-electron chi connectivity index (χ1n) is 13.0. The number of aliphatic hydroxyl groups is 1. The number of piperidine rings is 1. The van der Waals surface area contributed by atoms with Gasteiger partial charge in [0.15, 0.2) is 0 Å². The molecular weight excluding hydrogens is 507 g/mol. The molecule has 2 N–H and O–H groups in total. The number of aliphatic hydroxyl groups excluding tert-OH is 1. The Morgan fingerprint density at radius 3 is 2.63 bits per heavy atom. The van der Waals surface area contributed by atoms with Gasteiger partial charge >= 0.3 is 0 Å². The van der Waals surface area contributed by atoms with Gasteiger partial charge < -0.3 is 20.2 Å². The van der Waals surface area contributed by atoms with Gasteiger partial charge in [0.1, 0.15) is 27.6 Å². The lowest BCUT2D eigenvalue weighted by molar-refractivity contribution is 0.0612. The molecule has 38 heavy (non-hydrogen) atoms. The predicted molar refractivity (Wildman–Crippen MR) is 149 cm³/mol. The Labute approximate surface area is 223 Å². The van der Waals surface area contributed by atoms with Gasteiger partial charge in [-0.3, -0.25) is 0 Å². The fourth-order valence-corrected chi connectivity index (χ4v) is 6.59. The summed E-state index contributed by atoms with van der Waals surface area (Å²) in [6.07, 6.45) is 2.84. The van der Waals surface area contributed by atoms with Crippen LogP contribution in [0.25, 0.3) is 10.8 Å². The standard InChI is InChI=1S/C27H35FN6O3S/c1-16(2)19-5-6-23(34-13-18(17(34)3)15-38(4,36)37)21-12-30-26(11-20(19)21)31-25-7-9-29-27(32-25)33-10-8-24(35)22(28)14-33/h5-7,9,11-12,16-18,22,24,35H,8,10,13-15H2,1-4H3,(H,29,30,31,32)/t17-,18?,22+,24-/m1/s1. The molecule has 11 heteroatoms. The van der Waals surface area contributed by atoms with Crippen molar-refractivity contribution in [3.63, 3.8) is 0 Å². The van der Waals surface area contributed by atoms with E-state index in [1.165, 1.54) is 11.8 Å². The van der Waals surface area contributed by atoms with Crippen molar-refractivity contribution in [2.75, 3.05) is 46.8 Å². The summed E-state index contributed by atoms with van der Waals surface area (Å²) < 4.78 is 37.7. The molecule has 1 aromatic carbocycles. The molecule has 0 bridgehead atoms. The highest BCUT2D eigenvalue weighted by Crippen LogP contribution is 2.39. The van der Waals surface area contributed by atoms with Crippen molar-refractivity contribution in [1.82, 2.24) is 15.0 Å². The summed E-state index contributed by atoms with van der Waals surface area (Å²) in [4.78, 5) is 17.5. The molecule has 2 aliphatic heterocycles. The number of pyridine rings is 1. The van der Waals surface area contributed by atoms with Crippen molar-refractivity contribution in [2.24, 2.45) is 5.92 Å². The number of aromatic nitrogens is 3. The lowest BCUT2D eigenvalue weighted by Gasteiger charge is -2.48. The van der Waals surface area contributed by atoms with E-state index in [4.69, 9.17) is 0 Å². The highest BCUT2D eigenvalue weighted by Gasteiger charge is 2.38. The molecule has 0 radical (unpaired) electrons. The molecule has 0 aliphatic carbocycles. The zero-order valence-electron chi connectivity index (χ0n) is 22.2. The Hall–Kier alpha value is -3.05. The second-order valence-corrected chi connectivity index (χ2v) is 13.1. The van der Waals surface area contributed by atoms with Gasteiger partial charge in [-0.25, -0.2) is 22.8 Å². The van der Waals surface area contributed by atoms with Crippen LogP contribution >= 0.6 is 0 Å². The highest BCUT2D eigenvalue weighted by atomic mass is 32.2. The number of sulfone groups is 1. The van der Waals surface area contributed by atoms with Crippen molar-refractivity contribution >= 4 is 43.9 Å². The summed E-state index contributed by atoms with van der Waals surface area (Å²) in [6.45, 7) is 7.62. The van der Waals surface area contributed by atoms with E-state index in [9.17, 15) is 17.9 Å². The number of benzene rings is 1. The van der Waals surface area contributed by atoms with E-state index in [2.05, 4.69) is 58.1 Å². The molecule has 0 saturated carbocycles. The number of hydrogen-bond donors (Lipinski definition) is 2. The maximum atomic E-state index is 14.0. The normalized spacial score (nSPS) is 24.1. The molecular formula is C27H35FN6O3S. The van der Waals surface area contributed by atoms with E-state index in [0.717, 1.165) is 16.5 Å². The van der Waals surface area contributed by atoms with Crippen molar-refractivity contribution in [3.8, 4) is 0 Å². The Bertz CT molecular complexity index is 1440. The van der Waals surface area contributed by atoms with Crippen molar-refractivity contribution in [3.05, 3.63) is 42.2 Å². The summed E-state index contributed by atoms with van der Waals surface area (Å²) in [7, 11) is -3.02. The number of nitrogens with zero attached hydrogens (tertiary/aromatic N) is 5. The number of alkyl halides is 1. The van der Waals surface area contributed by atoms with Crippen LogP contribution in [0.1, 0.15) is 38.7 Å². The largest absolute Gasteiger partial charge is 0.390 e. The summed E-state index contributed by atoms with van der Waals surface area (Å²) in [5.74, 6) is 2.19. The van der Waals surface area contributed by atoms with Crippen LogP contribution in [-0.2, 0) is 9.84 Å².